The van der Waals surface area contributed by atoms with Gasteiger partial charge in [0.15, 0.2) is 0 Å². The lowest BCUT2D eigenvalue weighted by atomic mass is 9.92. The summed E-state index contributed by atoms with van der Waals surface area (Å²) in [6.07, 6.45) is 2.68. The number of thioether (sulfide) groups is 1. The van der Waals surface area contributed by atoms with Gasteiger partial charge >= 0.3 is 5.97 Å². The third kappa shape index (κ3) is 4.27. The summed E-state index contributed by atoms with van der Waals surface area (Å²) in [5.41, 5.74) is 2.85. The monoisotopic (exact) mass is 468 g/mol. The zero-order chi connectivity index (χ0) is 23.9. The molecule has 2 aromatic carbocycles. The molecular formula is C25H28N2O5S. The third-order valence-electron chi connectivity index (χ3n) is 5.95. The molecule has 4 rings (SSSR count). The number of benzene rings is 2. The third-order valence-corrected chi connectivity index (χ3v) is 7.16. The van der Waals surface area contributed by atoms with Crippen LogP contribution in [0.3, 0.4) is 0 Å². The van der Waals surface area contributed by atoms with Crippen molar-refractivity contribution in [3.8, 4) is 22.6 Å². The van der Waals surface area contributed by atoms with Gasteiger partial charge in [-0.1, -0.05) is 12.1 Å². The van der Waals surface area contributed by atoms with Crippen LogP contribution in [-0.4, -0.2) is 41.9 Å². The highest BCUT2D eigenvalue weighted by Crippen LogP contribution is 2.45. The van der Waals surface area contributed by atoms with Gasteiger partial charge in [-0.3, -0.25) is 9.59 Å². The van der Waals surface area contributed by atoms with Crippen molar-refractivity contribution in [2.24, 2.45) is 0 Å². The summed E-state index contributed by atoms with van der Waals surface area (Å²) >= 11 is 1.51. The number of esters is 1. The van der Waals surface area contributed by atoms with Crippen LogP contribution in [0, 0.1) is 0 Å². The molecule has 0 saturated carbocycles. The lowest BCUT2D eigenvalue weighted by Crippen LogP contribution is -2.52. The quantitative estimate of drug-likeness (QED) is 0.616. The van der Waals surface area contributed by atoms with E-state index in [-0.39, 0.29) is 29.5 Å². The number of carbonyl (C=O) groups excluding carboxylic acids is 2. The van der Waals surface area contributed by atoms with Gasteiger partial charge in [0, 0.05) is 24.2 Å². The number of nitrogens with zero attached hydrogens (tertiary/aromatic N) is 1. The van der Waals surface area contributed by atoms with Crippen molar-refractivity contribution >= 4 is 35.0 Å². The minimum atomic E-state index is -0.767. The van der Waals surface area contributed by atoms with Gasteiger partial charge in [-0.05, 0) is 55.9 Å². The number of carbonyl (C=O) groups is 2. The molecule has 0 radical (unpaired) electrons. The zero-order valence-corrected chi connectivity index (χ0v) is 20.2. The standard InChI is InChI=1S/C25H28N2O5S/c1-14-6-11-21(33-14)23(29)32-13-18-16(17-8-7-15(28)12-20(17)31-5)9-10-19-22(18)27(4)24(30)25(2,3)26-19/h6-10,12,21,26,28H,11,13H2,1-5H3. The molecule has 1 amide bonds. The molecule has 0 bridgehead atoms. The summed E-state index contributed by atoms with van der Waals surface area (Å²) in [5.74, 6) is 0.182. The van der Waals surface area contributed by atoms with Gasteiger partial charge in [0.1, 0.15) is 28.9 Å². The number of anilines is 2. The van der Waals surface area contributed by atoms with E-state index in [0.717, 1.165) is 21.7 Å². The second-order valence-corrected chi connectivity index (χ2v) is 10.2. The molecule has 174 valence electrons. The van der Waals surface area contributed by atoms with Gasteiger partial charge in [-0.15, -0.1) is 11.8 Å². The maximum Gasteiger partial charge on any atom is 0.320 e. The van der Waals surface area contributed by atoms with Crippen molar-refractivity contribution in [2.75, 3.05) is 24.4 Å². The Labute approximate surface area is 197 Å². The van der Waals surface area contributed by atoms with Crippen LogP contribution in [0.4, 0.5) is 11.4 Å². The molecule has 33 heavy (non-hydrogen) atoms. The second-order valence-electron chi connectivity index (χ2n) is 8.75. The van der Waals surface area contributed by atoms with E-state index in [4.69, 9.17) is 9.47 Å². The molecule has 2 aliphatic heterocycles. The number of hydrogen-bond donors (Lipinski definition) is 2. The van der Waals surface area contributed by atoms with Crippen LogP contribution in [-0.2, 0) is 20.9 Å². The molecular weight excluding hydrogens is 440 g/mol. The molecule has 2 heterocycles. The average molecular weight is 469 g/mol. The highest BCUT2D eigenvalue weighted by molar-refractivity contribution is 8.04. The van der Waals surface area contributed by atoms with E-state index in [0.29, 0.717) is 23.4 Å². The van der Waals surface area contributed by atoms with E-state index < -0.39 is 5.54 Å². The molecule has 0 aliphatic carbocycles. The first-order valence-corrected chi connectivity index (χ1v) is 11.6. The predicted octanol–water partition coefficient (Wildman–Crippen LogP) is 4.69. The Morgan fingerprint density at radius 1 is 1.27 bits per heavy atom. The van der Waals surface area contributed by atoms with Crippen LogP contribution in [0.15, 0.2) is 41.3 Å². The molecule has 0 fully saturated rings. The Balaban J connectivity index is 1.79. The lowest BCUT2D eigenvalue weighted by molar-refractivity contribution is -0.144. The van der Waals surface area contributed by atoms with Crippen LogP contribution in [0.25, 0.3) is 11.1 Å². The number of phenols is 1. The molecule has 0 spiro atoms. The largest absolute Gasteiger partial charge is 0.508 e. The number of allylic oxidation sites excluding steroid dienone is 2. The van der Waals surface area contributed by atoms with E-state index in [9.17, 15) is 14.7 Å². The van der Waals surface area contributed by atoms with Gasteiger partial charge in [0.25, 0.3) is 5.91 Å². The van der Waals surface area contributed by atoms with Crippen LogP contribution in [0.2, 0.25) is 0 Å². The summed E-state index contributed by atoms with van der Waals surface area (Å²) in [6.45, 7) is 5.64. The molecule has 2 N–H and O–H groups in total. The minimum Gasteiger partial charge on any atom is -0.508 e. The molecule has 7 nitrogen and oxygen atoms in total. The maximum atomic E-state index is 13.0. The van der Waals surface area contributed by atoms with Crippen molar-refractivity contribution in [1.29, 1.82) is 0 Å². The SMILES string of the molecule is COc1cc(O)ccc1-c1ccc2c(c1COC(=O)C1CC=C(C)S1)N(C)C(=O)C(C)(C)N2. The fraction of sp³-hybridized carbons (Fsp3) is 0.360. The topological polar surface area (TPSA) is 88.1 Å². The Hall–Kier alpha value is -3.13. The van der Waals surface area contributed by atoms with Gasteiger partial charge in [0.2, 0.25) is 0 Å². The van der Waals surface area contributed by atoms with Gasteiger partial charge in [-0.25, -0.2) is 0 Å². The molecule has 0 saturated heterocycles. The highest BCUT2D eigenvalue weighted by atomic mass is 32.2. The normalized spacial score (nSPS) is 18.9. The number of hydrogen-bond acceptors (Lipinski definition) is 7. The number of likely N-dealkylation sites (N-methyl/N-ethyl adjacent to an activating group) is 1. The number of aromatic hydroxyl groups is 1. The van der Waals surface area contributed by atoms with E-state index in [2.05, 4.69) is 5.32 Å². The molecule has 2 aromatic rings. The number of nitrogens with one attached hydrogen (secondary N) is 1. The summed E-state index contributed by atoms with van der Waals surface area (Å²) in [6, 6.07) is 8.69. The Bertz CT molecular complexity index is 1160. The van der Waals surface area contributed by atoms with Crippen molar-refractivity contribution in [2.45, 2.75) is 44.6 Å². The number of phenolic OH excluding ortho intramolecular Hbond substituents is 1. The van der Waals surface area contributed by atoms with Gasteiger partial charge < -0.3 is 24.8 Å². The highest BCUT2D eigenvalue weighted by Gasteiger charge is 2.39. The molecule has 2 aliphatic rings. The first-order valence-electron chi connectivity index (χ1n) is 10.7. The fourth-order valence-electron chi connectivity index (χ4n) is 4.31. The molecule has 0 aromatic heterocycles. The summed E-state index contributed by atoms with van der Waals surface area (Å²) in [7, 11) is 3.26. The van der Waals surface area contributed by atoms with Crippen molar-refractivity contribution in [3.05, 3.63) is 46.9 Å². The van der Waals surface area contributed by atoms with Crippen molar-refractivity contribution in [1.82, 2.24) is 0 Å². The van der Waals surface area contributed by atoms with Crippen LogP contribution in [0.5, 0.6) is 11.5 Å². The lowest BCUT2D eigenvalue weighted by Gasteiger charge is -2.39. The van der Waals surface area contributed by atoms with Crippen molar-refractivity contribution < 1.29 is 24.2 Å². The Kier molecular flexibility index (Phi) is 6.05. The Morgan fingerprint density at radius 3 is 2.67 bits per heavy atom. The molecule has 1 atom stereocenters. The summed E-state index contributed by atoms with van der Waals surface area (Å²) < 4.78 is 11.3. The Morgan fingerprint density at radius 2 is 2.00 bits per heavy atom. The number of methoxy groups -OCH3 is 1. The fourth-order valence-corrected chi connectivity index (χ4v) is 5.30. The summed E-state index contributed by atoms with van der Waals surface area (Å²) in [5, 5.41) is 13.0. The van der Waals surface area contributed by atoms with E-state index in [1.165, 1.54) is 24.9 Å². The van der Waals surface area contributed by atoms with Gasteiger partial charge in [-0.2, -0.15) is 0 Å². The van der Waals surface area contributed by atoms with Crippen LogP contribution < -0.4 is 15.0 Å². The number of ether oxygens (including phenoxy) is 2. The molecule has 8 heteroatoms. The van der Waals surface area contributed by atoms with Crippen LogP contribution in [0.1, 0.15) is 32.8 Å². The van der Waals surface area contributed by atoms with E-state index in [1.54, 1.807) is 24.1 Å². The zero-order valence-electron chi connectivity index (χ0n) is 19.4. The van der Waals surface area contributed by atoms with Gasteiger partial charge in [0.05, 0.1) is 18.5 Å². The van der Waals surface area contributed by atoms with Crippen LogP contribution >= 0.6 is 11.8 Å². The first kappa shape index (κ1) is 23.0. The summed E-state index contributed by atoms with van der Waals surface area (Å²) in [4.78, 5) is 28.5. The van der Waals surface area contributed by atoms with Crippen molar-refractivity contribution in [3.63, 3.8) is 0 Å². The second kappa shape index (κ2) is 8.67. The first-order chi connectivity index (χ1) is 15.6. The van der Waals surface area contributed by atoms with E-state index in [1.807, 2.05) is 39.0 Å². The predicted molar refractivity (Wildman–Crippen MR) is 131 cm³/mol. The van der Waals surface area contributed by atoms with E-state index >= 15 is 0 Å². The average Bonchev–Trinajstić information content (AvgIpc) is 3.22. The smallest absolute Gasteiger partial charge is 0.320 e. The minimum absolute atomic E-state index is 0.00277. The number of rotatable bonds is 5. The number of fused-ring (bicyclic) bond motifs is 1. The maximum absolute atomic E-state index is 13.0. The number of amides is 1. The molecule has 1 unspecified atom stereocenters.